The molecule has 0 bridgehead atoms. The van der Waals surface area contributed by atoms with Crippen molar-refractivity contribution in [3.05, 3.63) is 53.6 Å². The van der Waals surface area contributed by atoms with E-state index < -0.39 is 21.9 Å². The topological polar surface area (TPSA) is 145 Å². The van der Waals surface area contributed by atoms with E-state index in [1.54, 1.807) is 0 Å². The molecule has 0 saturated carbocycles. The Balaban J connectivity index is 2.51. The molecule has 2 rings (SSSR count). The second kappa shape index (κ2) is 8.44. The van der Waals surface area contributed by atoms with Gasteiger partial charge in [-0.25, -0.2) is 13.2 Å². The lowest BCUT2D eigenvalue weighted by atomic mass is 10.2. The van der Waals surface area contributed by atoms with Gasteiger partial charge < -0.3 is 20.3 Å². The van der Waals surface area contributed by atoms with Crippen molar-refractivity contribution in [3.8, 4) is 11.5 Å². The summed E-state index contributed by atoms with van der Waals surface area (Å²) in [4.78, 5) is 21.6. The molecular formula is C18H18N2O7S. The van der Waals surface area contributed by atoms with Gasteiger partial charge in [0.2, 0.25) is 5.91 Å². The van der Waals surface area contributed by atoms with Crippen LogP contribution in [0.5, 0.6) is 11.5 Å². The van der Waals surface area contributed by atoms with Crippen LogP contribution >= 0.6 is 0 Å². The SMILES string of the molecule is COc1cc(C=CC(=O)O)cc(S(=O)(=O)Nc2ccc(C(N)=O)cc2)c1OC. The number of nitrogens with two attached hydrogens (primary N) is 1. The first-order valence-corrected chi connectivity index (χ1v) is 9.26. The van der Waals surface area contributed by atoms with Crippen LogP contribution < -0.4 is 19.9 Å². The van der Waals surface area contributed by atoms with Gasteiger partial charge >= 0.3 is 5.97 Å². The van der Waals surface area contributed by atoms with Gasteiger partial charge in [-0.3, -0.25) is 9.52 Å². The van der Waals surface area contributed by atoms with Crippen LogP contribution in [0.3, 0.4) is 0 Å². The maximum absolute atomic E-state index is 12.9. The fourth-order valence-corrected chi connectivity index (χ4v) is 3.60. The molecule has 0 aromatic heterocycles. The monoisotopic (exact) mass is 406 g/mol. The Morgan fingerprint density at radius 3 is 2.25 bits per heavy atom. The summed E-state index contributed by atoms with van der Waals surface area (Å²) in [6, 6.07) is 8.22. The molecule has 0 atom stereocenters. The number of benzene rings is 2. The molecule has 148 valence electrons. The second-order valence-corrected chi connectivity index (χ2v) is 7.12. The van der Waals surface area contributed by atoms with Gasteiger partial charge in [0.1, 0.15) is 4.90 Å². The van der Waals surface area contributed by atoms with Crippen LogP contribution in [0.15, 0.2) is 47.4 Å². The lowest BCUT2D eigenvalue weighted by Crippen LogP contribution is -2.15. The number of aliphatic carboxylic acids is 1. The smallest absolute Gasteiger partial charge is 0.328 e. The number of carbonyl (C=O) groups is 2. The Morgan fingerprint density at radius 2 is 1.75 bits per heavy atom. The molecule has 0 heterocycles. The van der Waals surface area contributed by atoms with Crippen LogP contribution in [0.25, 0.3) is 6.08 Å². The van der Waals surface area contributed by atoms with Gasteiger partial charge in [-0.15, -0.1) is 0 Å². The van der Waals surface area contributed by atoms with Gasteiger partial charge in [-0.2, -0.15) is 0 Å². The minimum absolute atomic E-state index is 0.0452. The van der Waals surface area contributed by atoms with Crippen LogP contribution in [-0.2, 0) is 14.8 Å². The fourth-order valence-electron chi connectivity index (χ4n) is 2.33. The third kappa shape index (κ3) is 4.80. The number of carboxylic acid groups (broad SMARTS) is 1. The van der Waals surface area contributed by atoms with E-state index in [9.17, 15) is 18.0 Å². The summed E-state index contributed by atoms with van der Waals surface area (Å²) in [5, 5.41) is 8.78. The lowest BCUT2D eigenvalue weighted by Gasteiger charge is -2.15. The van der Waals surface area contributed by atoms with E-state index in [4.69, 9.17) is 20.3 Å². The number of primary amides is 1. The van der Waals surface area contributed by atoms with Crippen LogP contribution in [0.4, 0.5) is 5.69 Å². The number of anilines is 1. The van der Waals surface area contributed by atoms with Crippen molar-refractivity contribution in [2.45, 2.75) is 4.90 Å². The lowest BCUT2D eigenvalue weighted by molar-refractivity contribution is -0.131. The summed E-state index contributed by atoms with van der Waals surface area (Å²) in [5.74, 6) is -1.76. The summed E-state index contributed by atoms with van der Waals surface area (Å²) >= 11 is 0. The average molecular weight is 406 g/mol. The molecule has 9 nitrogen and oxygen atoms in total. The maximum atomic E-state index is 12.9. The number of carbonyl (C=O) groups excluding carboxylic acids is 1. The van der Waals surface area contributed by atoms with Gasteiger partial charge in [0.05, 0.1) is 14.2 Å². The number of ether oxygens (including phenoxy) is 2. The zero-order chi connectivity index (χ0) is 20.9. The Bertz CT molecular complexity index is 1030. The van der Waals surface area contributed by atoms with Gasteiger partial charge in [0.25, 0.3) is 10.0 Å². The van der Waals surface area contributed by atoms with Crippen molar-refractivity contribution < 1.29 is 32.6 Å². The van der Waals surface area contributed by atoms with Crippen molar-refractivity contribution in [3.63, 3.8) is 0 Å². The Kier molecular flexibility index (Phi) is 6.26. The third-order valence-electron chi connectivity index (χ3n) is 3.60. The molecule has 0 aliphatic carbocycles. The largest absolute Gasteiger partial charge is 0.493 e. The fraction of sp³-hybridized carbons (Fsp3) is 0.111. The number of nitrogens with one attached hydrogen (secondary N) is 1. The van der Waals surface area contributed by atoms with Gasteiger partial charge in [0.15, 0.2) is 11.5 Å². The molecule has 2 aromatic rings. The highest BCUT2D eigenvalue weighted by molar-refractivity contribution is 7.92. The van der Waals surface area contributed by atoms with Crippen molar-refractivity contribution in [1.82, 2.24) is 0 Å². The minimum atomic E-state index is -4.14. The normalized spacial score (nSPS) is 11.2. The number of amides is 1. The molecule has 0 saturated heterocycles. The van der Waals surface area contributed by atoms with Gasteiger partial charge in [-0.05, 0) is 48.0 Å². The van der Waals surface area contributed by atoms with Crippen LogP contribution in [-0.4, -0.2) is 39.6 Å². The van der Waals surface area contributed by atoms with Crippen molar-refractivity contribution in [2.24, 2.45) is 5.73 Å². The van der Waals surface area contributed by atoms with E-state index in [2.05, 4.69) is 4.72 Å². The molecule has 0 aliphatic heterocycles. The molecule has 1 amide bonds. The number of hydrogen-bond donors (Lipinski definition) is 3. The molecule has 4 N–H and O–H groups in total. The molecule has 0 spiro atoms. The van der Waals surface area contributed by atoms with Crippen molar-refractivity contribution in [2.75, 3.05) is 18.9 Å². The van der Waals surface area contributed by atoms with E-state index in [0.717, 1.165) is 6.08 Å². The average Bonchev–Trinajstić information content (AvgIpc) is 2.65. The van der Waals surface area contributed by atoms with Crippen LogP contribution in [0.2, 0.25) is 0 Å². The minimum Gasteiger partial charge on any atom is -0.493 e. The quantitative estimate of drug-likeness (QED) is 0.566. The van der Waals surface area contributed by atoms with E-state index in [-0.39, 0.29) is 33.2 Å². The summed E-state index contributed by atoms with van der Waals surface area (Å²) < 4.78 is 38.5. The van der Waals surface area contributed by atoms with E-state index in [0.29, 0.717) is 0 Å². The Labute approximate surface area is 161 Å². The highest BCUT2D eigenvalue weighted by Crippen LogP contribution is 2.36. The van der Waals surface area contributed by atoms with Gasteiger partial charge in [0, 0.05) is 17.3 Å². The zero-order valence-electron chi connectivity index (χ0n) is 15.0. The maximum Gasteiger partial charge on any atom is 0.328 e. The van der Waals surface area contributed by atoms with E-state index in [1.807, 2.05) is 0 Å². The predicted octanol–water partition coefficient (Wildman–Crippen LogP) is 1.70. The van der Waals surface area contributed by atoms with Crippen molar-refractivity contribution in [1.29, 1.82) is 0 Å². The van der Waals surface area contributed by atoms with Gasteiger partial charge in [-0.1, -0.05) is 0 Å². The van der Waals surface area contributed by atoms with E-state index >= 15 is 0 Å². The Hall–Kier alpha value is -3.53. The summed E-state index contributed by atoms with van der Waals surface area (Å²) in [7, 11) is -1.52. The Morgan fingerprint density at radius 1 is 1.11 bits per heavy atom. The van der Waals surface area contributed by atoms with E-state index in [1.165, 1.54) is 56.7 Å². The van der Waals surface area contributed by atoms with Crippen LogP contribution in [0.1, 0.15) is 15.9 Å². The summed E-state index contributed by atoms with van der Waals surface area (Å²) in [6.45, 7) is 0. The second-order valence-electron chi connectivity index (χ2n) is 5.47. The molecular weight excluding hydrogens is 388 g/mol. The molecule has 28 heavy (non-hydrogen) atoms. The first kappa shape index (κ1) is 20.8. The number of carboxylic acids is 1. The number of hydrogen-bond acceptors (Lipinski definition) is 6. The molecule has 0 fully saturated rings. The van der Waals surface area contributed by atoms with Crippen molar-refractivity contribution >= 4 is 33.7 Å². The molecule has 0 aliphatic rings. The number of sulfonamides is 1. The third-order valence-corrected chi connectivity index (χ3v) is 4.98. The molecule has 0 unspecified atom stereocenters. The highest BCUT2D eigenvalue weighted by Gasteiger charge is 2.24. The molecule has 10 heteroatoms. The predicted molar refractivity (Wildman–Crippen MR) is 102 cm³/mol. The molecule has 2 aromatic carbocycles. The first-order valence-electron chi connectivity index (χ1n) is 7.77. The first-order chi connectivity index (χ1) is 13.2. The zero-order valence-corrected chi connectivity index (χ0v) is 15.8. The van der Waals surface area contributed by atoms with Crippen LogP contribution in [0, 0.1) is 0 Å². The molecule has 0 radical (unpaired) electrons. The standard InChI is InChI=1S/C18H18N2O7S/c1-26-14-9-11(3-8-16(21)22)10-15(17(14)27-2)28(24,25)20-13-6-4-12(5-7-13)18(19)23/h3-10,20H,1-2H3,(H2,19,23)(H,21,22). The highest BCUT2D eigenvalue weighted by atomic mass is 32.2. The summed E-state index contributed by atoms with van der Waals surface area (Å²) in [5.41, 5.74) is 5.86. The number of rotatable bonds is 8. The number of methoxy groups -OCH3 is 2. The summed E-state index contributed by atoms with van der Waals surface area (Å²) in [6.07, 6.45) is 2.10.